The molecule has 5 heteroatoms. The Balaban J connectivity index is 1.77. The van der Waals surface area contributed by atoms with Crippen LogP contribution in [0, 0.1) is 5.92 Å². The number of aliphatic hydroxyl groups is 1. The average Bonchev–Trinajstić information content (AvgIpc) is 2.55. The SMILES string of the molecule is C[C@H]1CCCC[C@H]1NC(=O)COC(=O)[C@H](O)c1ccccc1. The number of amides is 1. The van der Waals surface area contributed by atoms with E-state index in [2.05, 4.69) is 12.2 Å². The molecule has 0 radical (unpaired) electrons. The molecule has 1 saturated carbocycles. The van der Waals surface area contributed by atoms with Gasteiger partial charge in [0, 0.05) is 6.04 Å². The smallest absolute Gasteiger partial charge is 0.340 e. The van der Waals surface area contributed by atoms with Crippen molar-refractivity contribution in [3.8, 4) is 0 Å². The lowest BCUT2D eigenvalue weighted by atomic mass is 9.86. The van der Waals surface area contributed by atoms with Gasteiger partial charge >= 0.3 is 5.97 Å². The van der Waals surface area contributed by atoms with Gasteiger partial charge in [0.25, 0.3) is 5.91 Å². The number of esters is 1. The van der Waals surface area contributed by atoms with Crippen molar-refractivity contribution < 1.29 is 19.4 Å². The maximum atomic E-state index is 11.9. The molecule has 0 unspecified atom stereocenters. The highest BCUT2D eigenvalue weighted by Gasteiger charge is 2.24. The van der Waals surface area contributed by atoms with Crippen LogP contribution in [0.5, 0.6) is 0 Å². The second-order valence-electron chi connectivity index (χ2n) is 5.86. The summed E-state index contributed by atoms with van der Waals surface area (Å²) >= 11 is 0. The standard InChI is InChI=1S/C17H23NO4/c1-12-7-5-6-10-14(12)18-15(19)11-22-17(21)16(20)13-8-3-2-4-9-13/h2-4,8-9,12,14,16,20H,5-7,10-11H2,1H3,(H,18,19)/t12-,14+,16+/m0/s1. The molecule has 0 bridgehead atoms. The Morgan fingerprint density at radius 1 is 1.27 bits per heavy atom. The number of nitrogens with one attached hydrogen (secondary N) is 1. The van der Waals surface area contributed by atoms with Gasteiger partial charge < -0.3 is 15.2 Å². The first kappa shape index (κ1) is 16.5. The van der Waals surface area contributed by atoms with Gasteiger partial charge in [-0.3, -0.25) is 4.79 Å². The highest BCUT2D eigenvalue weighted by Crippen LogP contribution is 2.23. The lowest BCUT2D eigenvalue weighted by molar-refractivity contribution is -0.157. The van der Waals surface area contributed by atoms with E-state index in [-0.39, 0.29) is 18.6 Å². The predicted octanol–water partition coefficient (Wildman–Crippen LogP) is 1.96. The number of ether oxygens (including phenoxy) is 1. The van der Waals surface area contributed by atoms with Crippen LogP contribution in [0.2, 0.25) is 0 Å². The zero-order valence-corrected chi connectivity index (χ0v) is 12.8. The van der Waals surface area contributed by atoms with Crippen molar-refractivity contribution in [1.82, 2.24) is 5.32 Å². The number of benzene rings is 1. The maximum absolute atomic E-state index is 11.9. The number of carbonyl (C=O) groups excluding carboxylic acids is 2. The van der Waals surface area contributed by atoms with Crippen LogP contribution >= 0.6 is 0 Å². The topological polar surface area (TPSA) is 75.6 Å². The largest absolute Gasteiger partial charge is 0.453 e. The molecule has 1 amide bonds. The zero-order chi connectivity index (χ0) is 15.9. The highest BCUT2D eigenvalue weighted by atomic mass is 16.5. The minimum absolute atomic E-state index is 0.152. The van der Waals surface area contributed by atoms with E-state index in [0.717, 1.165) is 19.3 Å². The van der Waals surface area contributed by atoms with E-state index in [0.29, 0.717) is 11.5 Å². The minimum Gasteiger partial charge on any atom is -0.453 e. The van der Waals surface area contributed by atoms with Crippen molar-refractivity contribution >= 4 is 11.9 Å². The molecule has 0 aliphatic heterocycles. The number of hydrogen-bond donors (Lipinski definition) is 2. The molecule has 1 aliphatic carbocycles. The van der Waals surface area contributed by atoms with Gasteiger partial charge in [0.15, 0.2) is 12.7 Å². The van der Waals surface area contributed by atoms with E-state index in [1.165, 1.54) is 6.42 Å². The summed E-state index contributed by atoms with van der Waals surface area (Å²) in [6, 6.07) is 8.66. The molecule has 1 fully saturated rings. The molecule has 3 atom stereocenters. The first-order valence-electron chi connectivity index (χ1n) is 7.77. The van der Waals surface area contributed by atoms with Gasteiger partial charge in [-0.1, -0.05) is 50.1 Å². The molecular formula is C17H23NO4. The Morgan fingerprint density at radius 3 is 2.64 bits per heavy atom. The Labute approximate surface area is 130 Å². The fraction of sp³-hybridized carbons (Fsp3) is 0.529. The van der Waals surface area contributed by atoms with E-state index >= 15 is 0 Å². The number of hydrogen-bond acceptors (Lipinski definition) is 4. The summed E-state index contributed by atoms with van der Waals surface area (Å²) in [4.78, 5) is 23.6. The van der Waals surface area contributed by atoms with Crippen LogP contribution in [0.1, 0.15) is 44.3 Å². The van der Waals surface area contributed by atoms with Crippen LogP contribution in [0.15, 0.2) is 30.3 Å². The van der Waals surface area contributed by atoms with Gasteiger partial charge in [0.1, 0.15) is 0 Å². The fourth-order valence-corrected chi connectivity index (χ4v) is 2.77. The Kier molecular flexibility index (Phi) is 5.95. The molecule has 120 valence electrons. The third kappa shape index (κ3) is 4.56. The summed E-state index contributed by atoms with van der Waals surface area (Å²) in [6.07, 6.45) is 3.03. The van der Waals surface area contributed by atoms with Crippen molar-refractivity contribution in [3.05, 3.63) is 35.9 Å². The molecule has 1 aromatic carbocycles. The molecule has 2 N–H and O–H groups in total. The second kappa shape index (κ2) is 7.94. The van der Waals surface area contributed by atoms with Crippen molar-refractivity contribution in [2.45, 2.75) is 44.8 Å². The normalized spacial score (nSPS) is 22.6. The van der Waals surface area contributed by atoms with Crippen LogP contribution in [0.25, 0.3) is 0 Å². The molecule has 0 heterocycles. The summed E-state index contributed by atoms with van der Waals surface area (Å²) in [7, 11) is 0. The number of carbonyl (C=O) groups is 2. The highest BCUT2D eigenvalue weighted by molar-refractivity contribution is 5.82. The summed E-state index contributed by atoms with van der Waals surface area (Å²) in [5.41, 5.74) is 0.453. The Morgan fingerprint density at radius 2 is 1.95 bits per heavy atom. The average molecular weight is 305 g/mol. The van der Waals surface area contributed by atoms with Crippen molar-refractivity contribution in [2.24, 2.45) is 5.92 Å². The molecule has 0 spiro atoms. The predicted molar refractivity (Wildman–Crippen MR) is 81.9 cm³/mol. The Bertz CT molecular complexity index is 503. The molecule has 2 rings (SSSR count). The quantitative estimate of drug-likeness (QED) is 0.815. The molecule has 22 heavy (non-hydrogen) atoms. The monoisotopic (exact) mass is 305 g/mol. The molecule has 1 aromatic rings. The molecule has 5 nitrogen and oxygen atoms in total. The first-order chi connectivity index (χ1) is 10.6. The molecule has 0 saturated heterocycles. The van der Waals surface area contributed by atoms with Crippen LogP contribution < -0.4 is 5.32 Å². The Hall–Kier alpha value is -1.88. The van der Waals surface area contributed by atoms with Gasteiger partial charge in [-0.25, -0.2) is 4.79 Å². The van der Waals surface area contributed by atoms with Gasteiger partial charge in [0.2, 0.25) is 0 Å². The zero-order valence-electron chi connectivity index (χ0n) is 12.8. The van der Waals surface area contributed by atoms with E-state index in [9.17, 15) is 14.7 Å². The van der Waals surface area contributed by atoms with Crippen molar-refractivity contribution in [2.75, 3.05) is 6.61 Å². The molecule has 1 aliphatic rings. The van der Waals surface area contributed by atoms with E-state index in [4.69, 9.17) is 4.74 Å². The fourth-order valence-electron chi connectivity index (χ4n) is 2.77. The van der Waals surface area contributed by atoms with Crippen LogP contribution in [0.3, 0.4) is 0 Å². The van der Waals surface area contributed by atoms with Crippen LogP contribution in [-0.2, 0) is 14.3 Å². The van der Waals surface area contributed by atoms with Crippen LogP contribution in [0.4, 0.5) is 0 Å². The van der Waals surface area contributed by atoms with Gasteiger partial charge in [-0.15, -0.1) is 0 Å². The number of rotatable bonds is 5. The van der Waals surface area contributed by atoms with Gasteiger partial charge in [-0.2, -0.15) is 0 Å². The third-order valence-corrected chi connectivity index (χ3v) is 4.14. The van der Waals surface area contributed by atoms with E-state index < -0.39 is 12.1 Å². The van der Waals surface area contributed by atoms with Gasteiger partial charge in [0.05, 0.1) is 0 Å². The molecule has 0 aromatic heterocycles. The summed E-state index contributed by atoms with van der Waals surface area (Å²) < 4.78 is 4.90. The second-order valence-corrected chi connectivity index (χ2v) is 5.86. The summed E-state index contributed by atoms with van der Waals surface area (Å²) in [5.74, 6) is -0.672. The van der Waals surface area contributed by atoms with Crippen molar-refractivity contribution in [1.29, 1.82) is 0 Å². The maximum Gasteiger partial charge on any atom is 0.340 e. The summed E-state index contributed by atoms with van der Waals surface area (Å²) in [6.45, 7) is 1.77. The van der Waals surface area contributed by atoms with Crippen molar-refractivity contribution in [3.63, 3.8) is 0 Å². The lowest BCUT2D eigenvalue weighted by Gasteiger charge is -2.29. The molecular weight excluding hydrogens is 282 g/mol. The third-order valence-electron chi connectivity index (χ3n) is 4.14. The van der Waals surface area contributed by atoms with E-state index in [1.807, 2.05) is 0 Å². The minimum atomic E-state index is -1.36. The summed E-state index contributed by atoms with van der Waals surface area (Å²) in [5, 5.41) is 12.8. The van der Waals surface area contributed by atoms with Crippen LogP contribution in [-0.4, -0.2) is 29.6 Å². The first-order valence-corrected chi connectivity index (χ1v) is 7.77. The van der Waals surface area contributed by atoms with Gasteiger partial charge in [-0.05, 0) is 24.3 Å². The van der Waals surface area contributed by atoms with E-state index in [1.54, 1.807) is 30.3 Å². The number of aliphatic hydroxyl groups excluding tert-OH is 1. The lowest BCUT2D eigenvalue weighted by Crippen LogP contribution is -2.43.